The molecule has 3 aromatic rings. The first-order valence-electron chi connectivity index (χ1n) is 8.80. The van der Waals surface area contributed by atoms with Gasteiger partial charge in [0.1, 0.15) is 5.75 Å². The Morgan fingerprint density at radius 1 is 1.00 bits per heavy atom. The molecule has 28 heavy (non-hydrogen) atoms. The molecule has 0 aliphatic heterocycles. The minimum atomic E-state index is -0.144. The molecule has 0 spiro atoms. The molecule has 8 heteroatoms. The van der Waals surface area contributed by atoms with Gasteiger partial charge in [-0.15, -0.1) is 28.6 Å². The highest BCUT2D eigenvalue weighted by atomic mass is 32.2. The molecule has 0 unspecified atom stereocenters. The fraction of sp³-hybridized carbons (Fsp3) is 0.250. The number of aryl methyl sites for hydroxylation is 1. The topological polar surface area (TPSA) is 77.2 Å². The summed E-state index contributed by atoms with van der Waals surface area (Å²) in [5, 5.41) is 10.5. The van der Waals surface area contributed by atoms with Crippen LogP contribution in [0.4, 0.5) is 6.01 Å². The van der Waals surface area contributed by atoms with Gasteiger partial charge >= 0.3 is 6.01 Å². The van der Waals surface area contributed by atoms with Gasteiger partial charge in [0.2, 0.25) is 11.8 Å². The molecule has 0 bridgehead atoms. The van der Waals surface area contributed by atoms with E-state index in [2.05, 4.69) is 27.6 Å². The molecule has 1 aromatic heterocycles. The summed E-state index contributed by atoms with van der Waals surface area (Å²) in [6.07, 6.45) is 1.01. The fourth-order valence-electron chi connectivity index (χ4n) is 2.29. The van der Waals surface area contributed by atoms with Crippen molar-refractivity contribution in [1.82, 2.24) is 10.2 Å². The van der Waals surface area contributed by atoms with Gasteiger partial charge in [0, 0.05) is 34.1 Å². The van der Waals surface area contributed by atoms with E-state index < -0.39 is 0 Å². The number of thioether (sulfide) groups is 2. The van der Waals surface area contributed by atoms with Gasteiger partial charge in [0.05, 0.1) is 7.11 Å². The second-order valence-electron chi connectivity index (χ2n) is 5.73. The summed E-state index contributed by atoms with van der Waals surface area (Å²) in [5.74, 6) is 2.68. The number of nitrogens with zero attached hydrogens (tertiary/aromatic N) is 2. The minimum absolute atomic E-state index is 0.144. The predicted octanol–water partition coefficient (Wildman–Crippen LogP) is 4.53. The first-order valence-corrected chi connectivity index (χ1v) is 10.8. The first-order chi connectivity index (χ1) is 13.7. The maximum absolute atomic E-state index is 12.0. The Morgan fingerprint density at radius 2 is 1.71 bits per heavy atom. The lowest BCUT2D eigenvalue weighted by atomic mass is 10.3. The smallest absolute Gasteiger partial charge is 0.322 e. The van der Waals surface area contributed by atoms with Crippen molar-refractivity contribution >= 4 is 35.4 Å². The van der Waals surface area contributed by atoms with Crippen molar-refractivity contribution in [2.75, 3.05) is 23.9 Å². The second-order valence-corrected chi connectivity index (χ2v) is 8.07. The van der Waals surface area contributed by atoms with Crippen molar-refractivity contribution in [2.24, 2.45) is 0 Å². The number of carbonyl (C=O) groups is 1. The number of carbonyl (C=O) groups excluding carboxylic acids is 1. The average Bonchev–Trinajstić information content (AvgIpc) is 3.16. The third-order valence-electron chi connectivity index (χ3n) is 3.70. The van der Waals surface area contributed by atoms with Crippen LogP contribution in [0.25, 0.3) is 0 Å². The Balaban J connectivity index is 1.36. The highest BCUT2D eigenvalue weighted by molar-refractivity contribution is 7.99. The number of nitrogens with one attached hydrogen (secondary N) is 1. The fourth-order valence-corrected chi connectivity index (χ4v) is 4.01. The van der Waals surface area contributed by atoms with Crippen molar-refractivity contribution in [1.29, 1.82) is 0 Å². The molecule has 0 saturated heterocycles. The van der Waals surface area contributed by atoms with Gasteiger partial charge < -0.3 is 9.15 Å². The van der Waals surface area contributed by atoms with Crippen LogP contribution in [-0.2, 0) is 11.2 Å². The summed E-state index contributed by atoms with van der Waals surface area (Å²) in [4.78, 5) is 14.3. The molecule has 6 nitrogen and oxygen atoms in total. The molecule has 0 aliphatic carbocycles. The van der Waals surface area contributed by atoms with E-state index in [1.165, 1.54) is 4.90 Å². The molecule has 0 fully saturated rings. The molecule has 146 valence electrons. The Labute approximate surface area is 172 Å². The summed E-state index contributed by atoms with van der Waals surface area (Å²) in [6.45, 7) is 0. The molecule has 0 radical (unpaired) electrons. The number of hydrogen-bond acceptors (Lipinski definition) is 7. The van der Waals surface area contributed by atoms with Crippen molar-refractivity contribution in [3.05, 3.63) is 60.5 Å². The van der Waals surface area contributed by atoms with Crippen LogP contribution >= 0.6 is 23.5 Å². The molecule has 1 N–H and O–H groups in total. The normalized spacial score (nSPS) is 10.6. The SMILES string of the molecule is COc1ccc(SCCC(=O)Nc2nnc(CCSc3ccccc3)o2)cc1. The first kappa shape index (κ1) is 20.3. The van der Waals surface area contributed by atoms with Gasteiger partial charge in [-0.1, -0.05) is 23.3 Å². The van der Waals surface area contributed by atoms with E-state index in [0.29, 0.717) is 24.5 Å². The van der Waals surface area contributed by atoms with Gasteiger partial charge in [-0.05, 0) is 36.4 Å². The zero-order valence-electron chi connectivity index (χ0n) is 15.5. The quantitative estimate of drug-likeness (QED) is 0.487. The van der Waals surface area contributed by atoms with Crippen LogP contribution in [0, 0.1) is 0 Å². The molecular formula is C20H21N3O3S2. The maximum Gasteiger partial charge on any atom is 0.322 e. The van der Waals surface area contributed by atoms with Crippen LogP contribution in [-0.4, -0.2) is 34.7 Å². The average molecular weight is 416 g/mol. The molecule has 0 atom stereocenters. The number of ether oxygens (including phenoxy) is 1. The summed E-state index contributed by atoms with van der Waals surface area (Å²) < 4.78 is 10.6. The Hall–Kier alpha value is -2.45. The molecular weight excluding hydrogens is 394 g/mol. The molecule has 2 aromatic carbocycles. The molecule has 1 heterocycles. The number of aromatic nitrogens is 2. The van der Waals surface area contributed by atoms with Crippen LogP contribution in [0.3, 0.4) is 0 Å². The number of rotatable bonds is 10. The van der Waals surface area contributed by atoms with E-state index in [0.717, 1.165) is 16.4 Å². The van der Waals surface area contributed by atoms with E-state index in [1.807, 2.05) is 42.5 Å². The third-order valence-corrected chi connectivity index (χ3v) is 5.73. The van der Waals surface area contributed by atoms with Crippen molar-refractivity contribution in [2.45, 2.75) is 22.6 Å². The monoisotopic (exact) mass is 415 g/mol. The van der Waals surface area contributed by atoms with E-state index in [9.17, 15) is 4.79 Å². The van der Waals surface area contributed by atoms with Gasteiger partial charge in [0.15, 0.2) is 0 Å². The zero-order chi connectivity index (χ0) is 19.6. The highest BCUT2D eigenvalue weighted by Crippen LogP contribution is 2.22. The Kier molecular flexibility index (Phi) is 7.81. The number of benzene rings is 2. The number of amides is 1. The van der Waals surface area contributed by atoms with Crippen molar-refractivity contribution in [3.8, 4) is 5.75 Å². The largest absolute Gasteiger partial charge is 0.497 e. The summed E-state index contributed by atoms with van der Waals surface area (Å²) >= 11 is 3.33. The van der Waals surface area contributed by atoms with Crippen LogP contribution in [0.1, 0.15) is 12.3 Å². The third kappa shape index (κ3) is 6.61. The highest BCUT2D eigenvalue weighted by Gasteiger charge is 2.10. The standard InChI is InChI=1S/C20H21N3O3S2/c1-25-15-7-9-17(10-8-15)27-13-11-18(24)21-20-23-22-19(26-20)12-14-28-16-5-3-2-4-6-16/h2-10H,11-14H2,1H3,(H,21,23,24). The summed E-state index contributed by atoms with van der Waals surface area (Å²) in [7, 11) is 1.64. The van der Waals surface area contributed by atoms with Crippen LogP contribution in [0.15, 0.2) is 68.8 Å². The molecule has 1 amide bonds. The summed E-state index contributed by atoms with van der Waals surface area (Å²) in [5.41, 5.74) is 0. The number of anilines is 1. The van der Waals surface area contributed by atoms with Gasteiger partial charge in [0.25, 0.3) is 0 Å². The van der Waals surface area contributed by atoms with Gasteiger partial charge in [-0.2, -0.15) is 0 Å². The lowest BCUT2D eigenvalue weighted by Gasteiger charge is -2.03. The Morgan fingerprint density at radius 3 is 2.46 bits per heavy atom. The molecule has 0 aliphatic rings. The van der Waals surface area contributed by atoms with Crippen LogP contribution in [0.2, 0.25) is 0 Å². The minimum Gasteiger partial charge on any atom is -0.497 e. The zero-order valence-corrected chi connectivity index (χ0v) is 17.1. The maximum atomic E-state index is 12.0. The summed E-state index contributed by atoms with van der Waals surface area (Å²) in [6, 6.07) is 18.0. The lowest BCUT2D eigenvalue weighted by molar-refractivity contribution is -0.115. The van der Waals surface area contributed by atoms with Crippen LogP contribution in [0.5, 0.6) is 5.75 Å². The number of hydrogen-bond donors (Lipinski definition) is 1. The predicted molar refractivity (Wildman–Crippen MR) is 112 cm³/mol. The molecule has 0 saturated carbocycles. The van der Waals surface area contributed by atoms with Crippen molar-refractivity contribution < 1.29 is 13.9 Å². The van der Waals surface area contributed by atoms with E-state index >= 15 is 0 Å². The van der Waals surface area contributed by atoms with Gasteiger partial charge in [-0.25, -0.2) is 0 Å². The van der Waals surface area contributed by atoms with Crippen molar-refractivity contribution in [3.63, 3.8) is 0 Å². The second kappa shape index (κ2) is 10.8. The van der Waals surface area contributed by atoms with E-state index in [-0.39, 0.29) is 11.9 Å². The lowest BCUT2D eigenvalue weighted by Crippen LogP contribution is -2.12. The van der Waals surface area contributed by atoms with Gasteiger partial charge in [-0.3, -0.25) is 10.1 Å². The molecule has 3 rings (SSSR count). The van der Waals surface area contributed by atoms with E-state index in [1.54, 1.807) is 30.6 Å². The van der Waals surface area contributed by atoms with Crippen LogP contribution < -0.4 is 10.1 Å². The number of methoxy groups -OCH3 is 1. The van der Waals surface area contributed by atoms with E-state index in [4.69, 9.17) is 9.15 Å². The Bertz CT molecular complexity index is 870.